The molecule has 14 heavy (non-hydrogen) atoms. The van der Waals surface area contributed by atoms with E-state index in [4.69, 9.17) is 8.85 Å². The molecule has 2 fully saturated rings. The van der Waals surface area contributed by atoms with E-state index in [-0.39, 0.29) is 0 Å². The zero-order valence-corrected chi connectivity index (χ0v) is 10.6. The molecule has 2 saturated carbocycles. The van der Waals surface area contributed by atoms with Crippen molar-refractivity contribution < 1.29 is 8.85 Å². The van der Waals surface area contributed by atoms with Crippen LogP contribution in [0.25, 0.3) is 0 Å². The summed E-state index contributed by atoms with van der Waals surface area (Å²) in [7, 11) is 1.96. The summed E-state index contributed by atoms with van der Waals surface area (Å²) in [6, 6.07) is 0. The van der Waals surface area contributed by atoms with Gasteiger partial charge < -0.3 is 8.85 Å². The van der Waals surface area contributed by atoms with Crippen molar-refractivity contribution in [2.45, 2.75) is 50.1 Å². The van der Waals surface area contributed by atoms with E-state index in [1.807, 2.05) is 14.2 Å². The minimum Gasteiger partial charge on any atom is -0.397 e. The van der Waals surface area contributed by atoms with Gasteiger partial charge in [-0.1, -0.05) is 19.8 Å². The van der Waals surface area contributed by atoms with Crippen LogP contribution in [-0.2, 0) is 8.85 Å². The van der Waals surface area contributed by atoms with Crippen molar-refractivity contribution in [2.75, 3.05) is 14.2 Å². The van der Waals surface area contributed by atoms with E-state index in [9.17, 15) is 0 Å². The van der Waals surface area contributed by atoms with Gasteiger partial charge in [0.05, 0.1) is 0 Å². The lowest BCUT2D eigenvalue weighted by atomic mass is 10.2. The predicted molar refractivity (Wildman–Crippen MR) is 59.5 cm³/mol. The Kier molecular flexibility index (Phi) is 3.00. The van der Waals surface area contributed by atoms with Gasteiger partial charge in [-0.2, -0.15) is 0 Å². The molecule has 82 valence electrons. The summed E-state index contributed by atoms with van der Waals surface area (Å²) >= 11 is 0. The normalized spacial score (nSPS) is 31.9. The standard InChI is InChI=1S/C11H22O2Si/c1-4-5-9-8-11(9)14(12-2,13-3)10-6-7-10/h9-11H,4-8H2,1-3H3. The first-order valence-corrected chi connectivity index (χ1v) is 7.85. The Morgan fingerprint density at radius 2 is 1.86 bits per heavy atom. The molecule has 0 heterocycles. The maximum absolute atomic E-state index is 5.83. The van der Waals surface area contributed by atoms with Crippen LogP contribution < -0.4 is 0 Å². The van der Waals surface area contributed by atoms with E-state index in [2.05, 4.69) is 6.92 Å². The lowest BCUT2D eigenvalue weighted by molar-refractivity contribution is 0.235. The highest BCUT2D eigenvalue weighted by Crippen LogP contribution is 2.62. The van der Waals surface area contributed by atoms with Gasteiger partial charge >= 0.3 is 8.56 Å². The van der Waals surface area contributed by atoms with Crippen molar-refractivity contribution in [3.8, 4) is 0 Å². The SMILES string of the molecule is CCCC1CC1[Si](OC)(OC)C1CC1. The molecule has 0 radical (unpaired) electrons. The molecule has 0 amide bonds. The molecule has 0 bridgehead atoms. The molecule has 2 atom stereocenters. The minimum atomic E-state index is -1.78. The van der Waals surface area contributed by atoms with Crippen LogP contribution in [0.5, 0.6) is 0 Å². The first-order valence-electron chi connectivity index (χ1n) is 5.88. The Morgan fingerprint density at radius 3 is 2.29 bits per heavy atom. The van der Waals surface area contributed by atoms with Crippen molar-refractivity contribution >= 4 is 8.56 Å². The summed E-state index contributed by atoms with van der Waals surface area (Å²) in [5.41, 5.74) is 1.62. The minimum absolute atomic E-state index is 0.810. The Labute approximate surface area is 88.2 Å². The van der Waals surface area contributed by atoms with Crippen molar-refractivity contribution in [2.24, 2.45) is 5.92 Å². The third-order valence-electron chi connectivity index (χ3n) is 3.88. The first-order chi connectivity index (χ1) is 6.78. The maximum atomic E-state index is 5.83. The van der Waals surface area contributed by atoms with Gasteiger partial charge in [0.2, 0.25) is 0 Å². The average Bonchev–Trinajstić information content (AvgIpc) is 3.03. The zero-order valence-electron chi connectivity index (χ0n) is 9.58. The lowest BCUT2D eigenvalue weighted by Crippen LogP contribution is -2.42. The average molecular weight is 214 g/mol. The van der Waals surface area contributed by atoms with Crippen LogP contribution in [0.15, 0.2) is 0 Å². The lowest BCUT2D eigenvalue weighted by Gasteiger charge is -2.28. The Balaban J connectivity index is 1.97. The molecule has 0 aromatic rings. The Bertz CT molecular complexity index is 199. The monoisotopic (exact) mass is 214 g/mol. The second kappa shape index (κ2) is 3.95. The third-order valence-corrected chi connectivity index (χ3v) is 8.62. The largest absolute Gasteiger partial charge is 0.397 e. The molecule has 2 rings (SSSR count). The first kappa shape index (κ1) is 10.6. The molecule has 2 nitrogen and oxygen atoms in total. The Morgan fingerprint density at radius 1 is 1.21 bits per heavy atom. The fourth-order valence-corrected chi connectivity index (χ4v) is 7.41. The van der Waals surface area contributed by atoms with Gasteiger partial charge in [0.15, 0.2) is 0 Å². The smallest absolute Gasteiger partial charge is 0.344 e. The summed E-state index contributed by atoms with van der Waals surface area (Å²) in [5.74, 6) is 0.923. The molecular formula is C11H22O2Si. The molecule has 2 aliphatic rings. The molecule has 0 N–H and O–H groups in total. The second-order valence-corrected chi connectivity index (χ2v) is 8.61. The quantitative estimate of drug-likeness (QED) is 0.633. The summed E-state index contributed by atoms with van der Waals surface area (Å²) in [5, 5.41) is 0. The second-order valence-electron chi connectivity index (χ2n) is 4.79. The predicted octanol–water partition coefficient (Wildman–Crippen LogP) is 3.08. The molecular weight excluding hydrogens is 192 g/mol. The van der Waals surface area contributed by atoms with Gasteiger partial charge in [-0.15, -0.1) is 0 Å². The molecule has 2 aliphatic carbocycles. The van der Waals surface area contributed by atoms with Crippen LogP contribution in [0.1, 0.15) is 39.0 Å². The van der Waals surface area contributed by atoms with Crippen molar-refractivity contribution in [1.29, 1.82) is 0 Å². The molecule has 0 aromatic heterocycles. The molecule has 2 unspecified atom stereocenters. The maximum Gasteiger partial charge on any atom is 0.344 e. The van der Waals surface area contributed by atoms with Crippen LogP contribution >= 0.6 is 0 Å². The molecule has 0 saturated heterocycles. The number of rotatable bonds is 6. The van der Waals surface area contributed by atoms with Crippen molar-refractivity contribution in [1.82, 2.24) is 0 Å². The highest BCUT2D eigenvalue weighted by Gasteiger charge is 2.63. The van der Waals surface area contributed by atoms with E-state index in [1.54, 1.807) is 0 Å². The molecule has 0 spiro atoms. The van der Waals surface area contributed by atoms with E-state index in [1.165, 1.54) is 32.1 Å². The van der Waals surface area contributed by atoms with Crippen LogP contribution in [0.3, 0.4) is 0 Å². The van der Waals surface area contributed by atoms with E-state index < -0.39 is 8.56 Å². The molecule has 0 aromatic carbocycles. The van der Waals surface area contributed by atoms with Gasteiger partial charge in [-0.3, -0.25) is 0 Å². The number of hydrogen-bond donors (Lipinski definition) is 0. The van der Waals surface area contributed by atoms with E-state index in [0.29, 0.717) is 0 Å². The van der Waals surface area contributed by atoms with E-state index >= 15 is 0 Å². The van der Waals surface area contributed by atoms with Gasteiger partial charge in [0.25, 0.3) is 0 Å². The fraction of sp³-hybridized carbons (Fsp3) is 1.00. The molecule has 0 aliphatic heterocycles. The van der Waals surface area contributed by atoms with Crippen LogP contribution in [0.4, 0.5) is 0 Å². The van der Waals surface area contributed by atoms with Crippen LogP contribution in [-0.4, -0.2) is 22.8 Å². The van der Waals surface area contributed by atoms with Gasteiger partial charge in [0.1, 0.15) is 0 Å². The van der Waals surface area contributed by atoms with Crippen LogP contribution in [0.2, 0.25) is 11.1 Å². The van der Waals surface area contributed by atoms with Gasteiger partial charge in [-0.05, 0) is 25.2 Å². The fourth-order valence-electron chi connectivity index (χ4n) is 2.94. The van der Waals surface area contributed by atoms with Crippen molar-refractivity contribution in [3.05, 3.63) is 0 Å². The Hall–Kier alpha value is 0.137. The van der Waals surface area contributed by atoms with E-state index in [0.717, 1.165) is 17.0 Å². The topological polar surface area (TPSA) is 18.5 Å². The van der Waals surface area contributed by atoms with Crippen LogP contribution in [0, 0.1) is 5.92 Å². The van der Waals surface area contributed by atoms with Crippen molar-refractivity contribution in [3.63, 3.8) is 0 Å². The summed E-state index contributed by atoms with van der Waals surface area (Å²) in [6.45, 7) is 2.27. The highest BCUT2D eigenvalue weighted by molar-refractivity contribution is 6.72. The summed E-state index contributed by atoms with van der Waals surface area (Å²) < 4.78 is 11.7. The summed E-state index contributed by atoms with van der Waals surface area (Å²) in [6.07, 6.45) is 6.76. The summed E-state index contributed by atoms with van der Waals surface area (Å²) in [4.78, 5) is 0. The molecule has 3 heteroatoms. The third kappa shape index (κ3) is 1.66. The van der Waals surface area contributed by atoms with Gasteiger partial charge in [-0.25, -0.2) is 0 Å². The highest BCUT2D eigenvalue weighted by atomic mass is 28.4. The van der Waals surface area contributed by atoms with Gasteiger partial charge in [0, 0.05) is 25.3 Å². The zero-order chi connectivity index (χ0) is 10.2. The number of hydrogen-bond acceptors (Lipinski definition) is 2.